The van der Waals surface area contributed by atoms with Crippen molar-refractivity contribution >= 4 is 15.9 Å². The Labute approximate surface area is 89.9 Å². The third kappa shape index (κ3) is 5.71. The van der Waals surface area contributed by atoms with Gasteiger partial charge < -0.3 is 10.8 Å². The minimum Gasteiger partial charge on any atom is -0.391 e. The number of amides is 1. The molecule has 0 unspecified atom stereocenters. The molecule has 0 heterocycles. The first-order valence-corrected chi connectivity index (χ1v) is 6.43. The van der Waals surface area contributed by atoms with E-state index in [2.05, 4.69) is 0 Å². The van der Waals surface area contributed by atoms with E-state index in [9.17, 15) is 13.2 Å². The van der Waals surface area contributed by atoms with E-state index in [1.54, 1.807) is 0 Å². The van der Waals surface area contributed by atoms with E-state index in [1.807, 2.05) is 11.6 Å². The van der Waals surface area contributed by atoms with Crippen molar-refractivity contribution in [2.45, 2.75) is 38.8 Å². The summed E-state index contributed by atoms with van der Waals surface area (Å²) >= 11 is 0. The number of nitrogens with one attached hydrogen (secondary N) is 1. The molecule has 0 fully saturated rings. The van der Waals surface area contributed by atoms with E-state index >= 15 is 0 Å². The zero-order valence-corrected chi connectivity index (χ0v) is 9.75. The van der Waals surface area contributed by atoms with Gasteiger partial charge in [0, 0.05) is 0 Å². The fourth-order valence-corrected chi connectivity index (χ4v) is 2.04. The lowest BCUT2D eigenvalue weighted by Gasteiger charge is -2.14. The minimum absolute atomic E-state index is 0.109. The Morgan fingerprint density at radius 1 is 1.53 bits per heavy atom. The Kier molecular flexibility index (Phi) is 5.77. The topological polar surface area (TPSA) is 109 Å². The molecule has 1 amide bonds. The highest BCUT2D eigenvalue weighted by molar-refractivity contribution is 7.90. The average molecular weight is 238 g/mol. The normalized spacial score (nSPS) is 15.7. The van der Waals surface area contributed by atoms with Gasteiger partial charge in [-0.25, -0.2) is 8.42 Å². The van der Waals surface area contributed by atoms with Gasteiger partial charge in [-0.1, -0.05) is 13.3 Å². The van der Waals surface area contributed by atoms with Crippen LogP contribution < -0.4 is 10.5 Å². The molecule has 0 bridgehead atoms. The Morgan fingerprint density at radius 3 is 2.47 bits per heavy atom. The van der Waals surface area contributed by atoms with Gasteiger partial charge in [-0.3, -0.25) is 9.52 Å². The fraction of sp³-hybridized carbons (Fsp3) is 0.875. The van der Waals surface area contributed by atoms with Crippen LogP contribution in [0, 0.1) is 0 Å². The summed E-state index contributed by atoms with van der Waals surface area (Å²) in [5.74, 6) is -0.983. The summed E-state index contributed by atoms with van der Waals surface area (Å²) in [6.45, 7) is 3.17. The predicted molar refractivity (Wildman–Crippen MR) is 56.5 cm³/mol. The van der Waals surface area contributed by atoms with E-state index in [0.29, 0.717) is 6.42 Å². The zero-order chi connectivity index (χ0) is 12.1. The third-order valence-corrected chi connectivity index (χ3v) is 3.18. The summed E-state index contributed by atoms with van der Waals surface area (Å²) in [5.41, 5.74) is 5.27. The lowest BCUT2D eigenvalue weighted by molar-refractivity contribution is -0.122. The number of rotatable bonds is 6. The smallest absolute Gasteiger partial charge is 0.253 e. The Hall–Kier alpha value is -0.660. The van der Waals surface area contributed by atoms with Crippen LogP contribution in [-0.2, 0) is 14.8 Å². The number of nitrogens with two attached hydrogens (primary N) is 1. The van der Waals surface area contributed by atoms with Crippen molar-refractivity contribution in [3.63, 3.8) is 0 Å². The molecule has 6 nitrogen and oxygen atoms in total. The maximum atomic E-state index is 11.3. The molecular weight excluding hydrogens is 220 g/mol. The SMILES string of the molecule is CCCCS(=O)(=O)NC(=O)[C@@H](N)[C@@H](C)O. The molecule has 15 heavy (non-hydrogen) atoms. The van der Waals surface area contributed by atoms with Crippen molar-refractivity contribution in [1.82, 2.24) is 4.72 Å². The molecule has 0 spiro atoms. The Bertz CT molecular complexity index is 300. The van der Waals surface area contributed by atoms with Crippen LogP contribution in [0.3, 0.4) is 0 Å². The van der Waals surface area contributed by atoms with E-state index in [0.717, 1.165) is 6.42 Å². The first-order valence-electron chi connectivity index (χ1n) is 4.78. The van der Waals surface area contributed by atoms with Gasteiger partial charge in [0.15, 0.2) is 0 Å². The van der Waals surface area contributed by atoms with E-state index < -0.39 is 28.1 Å². The highest BCUT2D eigenvalue weighted by Gasteiger charge is 2.23. The van der Waals surface area contributed by atoms with E-state index in [4.69, 9.17) is 10.8 Å². The van der Waals surface area contributed by atoms with Crippen LogP contribution in [0.1, 0.15) is 26.7 Å². The monoisotopic (exact) mass is 238 g/mol. The molecule has 0 saturated heterocycles. The number of aliphatic hydroxyl groups is 1. The van der Waals surface area contributed by atoms with Crippen LogP contribution in [0.15, 0.2) is 0 Å². The lowest BCUT2D eigenvalue weighted by Crippen LogP contribution is -2.49. The lowest BCUT2D eigenvalue weighted by atomic mass is 10.2. The molecule has 0 saturated carbocycles. The second-order valence-corrected chi connectivity index (χ2v) is 5.25. The van der Waals surface area contributed by atoms with Crippen LogP contribution in [0.4, 0.5) is 0 Å². The van der Waals surface area contributed by atoms with Gasteiger partial charge in [0.2, 0.25) is 10.0 Å². The second kappa shape index (κ2) is 6.04. The average Bonchev–Trinajstić information content (AvgIpc) is 2.12. The maximum absolute atomic E-state index is 11.3. The Morgan fingerprint density at radius 2 is 2.07 bits per heavy atom. The summed E-state index contributed by atoms with van der Waals surface area (Å²) in [5, 5.41) is 8.98. The second-order valence-electron chi connectivity index (χ2n) is 3.41. The molecular formula is C8H18N2O4S. The van der Waals surface area contributed by atoms with Gasteiger partial charge in [-0.15, -0.1) is 0 Å². The van der Waals surface area contributed by atoms with Crippen molar-refractivity contribution in [2.75, 3.05) is 5.75 Å². The summed E-state index contributed by atoms with van der Waals surface area (Å²) in [6, 6.07) is -1.22. The minimum atomic E-state index is -3.61. The predicted octanol–water partition coefficient (Wildman–Crippen LogP) is -1.06. The van der Waals surface area contributed by atoms with Crippen molar-refractivity contribution in [2.24, 2.45) is 5.73 Å². The van der Waals surface area contributed by atoms with E-state index in [-0.39, 0.29) is 5.75 Å². The molecule has 0 aromatic carbocycles. The molecule has 0 aliphatic carbocycles. The number of sulfonamides is 1. The number of carbonyl (C=O) groups is 1. The molecule has 2 atom stereocenters. The number of carbonyl (C=O) groups excluding carboxylic acids is 1. The molecule has 7 heteroatoms. The van der Waals surface area contributed by atoms with Crippen LogP contribution in [-0.4, -0.2) is 37.3 Å². The summed E-state index contributed by atoms with van der Waals surface area (Å²) < 4.78 is 24.3. The van der Waals surface area contributed by atoms with Crippen LogP contribution in [0.25, 0.3) is 0 Å². The summed E-state index contributed by atoms with van der Waals surface area (Å²) in [7, 11) is -3.61. The number of hydrogen-bond donors (Lipinski definition) is 3. The molecule has 0 radical (unpaired) electrons. The molecule has 0 rings (SSSR count). The maximum Gasteiger partial charge on any atom is 0.253 e. The van der Waals surface area contributed by atoms with Crippen molar-refractivity contribution < 1.29 is 18.3 Å². The van der Waals surface area contributed by atoms with Crippen molar-refractivity contribution in [1.29, 1.82) is 0 Å². The van der Waals surface area contributed by atoms with E-state index in [1.165, 1.54) is 6.92 Å². The number of aliphatic hydroxyl groups excluding tert-OH is 1. The van der Waals surface area contributed by atoms with Gasteiger partial charge in [0.1, 0.15) is 6.04 Å². The first-order chi connectivity index (χ1) is 6.80. The standard InChI is InChI=1S/C8H18N2O4S/c1-3-4-5-15(13,14)10-8(12)7(9)6(2)11/h6-7,11H,3-5,9H2,1-2H3,(H,10,12)/t6-,7+/m1/s1. The highest BCUT2D eigenvalue weighted by atomic mass is 32.2. The highest BCUT2D eigenvalue weighted by Crippen LogP contribution is 1.95. The van der Waals surface area contributed by atoms with Gasteiger partial charge >= 0.3 is 0 Å². The Balaban J connectivity index is 4.28. The first kappa shape index (κ1) is 14.3. The largest absolute Gasteiger partial charge is 0.391 e. The molecule has 0 aromatic heterocycles. The summed E-state index contributed by atoms with van der Waals surface area (Å²) in [6.07, 6.45) is 0.121. The van der Waals surface area contributed by atoms with Gasteiger partial charge in [-0.2, -0.15) is 0 Å². The zero-order valence-electron chi connectivity index (χ0n) is 8.93. The molecule has 0 aliphatic rings. The van der Waals surface area contributed by atoms with Crippen molar-refractivity contribution in [3.05, 3.63) is 0 Å². The van der Waals surface area contributed by atoms with Gasteiger partial charge in [-0.05, 0) is 13.3 Å². The van der Waals surface area contributed by atoms with Gasteiger partial charge in [0.05, 0.1) is 11.9 Å². The number of hydrogen-bond acceptors (Lipinski definition) is 5. The third-order valence-electron chi connectivity index (χ3n) is 1.85. The van der Waals surface area contributed by atoms with Crippen LogP contribution in [0.5, 0.6) is 0 Å². The molecule has 0 aliphatic heterocycles. The molecule has 0 aromatic rings. The molecule has 4 N–H and O–H groups in total. The van der Waals surface area contributed by atoms with Crippen LogP contribution >= 0.6 is 0 Å². The van der Waals surface area contributed by atoms with Gasteiger partial charge in [0.25, 0.3) is 5.91 Å². The molecule has 90 valence electrons. The number of unbranched alkanes of at least 4 members (excludes halogenated alkanes) is 1. The van der Waals surface area contributed by atoms with Crippen molar-refractivity contribution in [3.8, 4) is 0 Å². The quantitative estimate of drug-likeness (QED) is 0.546. The summed E-state index contributed by atoms with van der Waals surface area (Å²) in [4.78, 5) is 11.2. The fourth-order valence-electron chi connectivity index (χ4n) is 0.826. The van der Waals surface area contributed by atoms with Crippen LogP contribution in [0.2, 0.25) is 0 Å².